The first kappa shape index (κ1) is 16.5. The van der Waals surface area contributed by atoms with Gasteiger partial charge < -0.3 is 19.7 Å². The van der Waals surface area contributed by atoms with E-state index in [2.05, 4.69) is 0 Å². The molecule has 2 unspecified atom stereocenters. The molecule has 6 heteroatoms. The Labute approximate surface area is 118 Å². The molecule has 2 atom stereocenters. The third kappa shape index (κ3) is 6.55. The minimum Gasteiger partial charge on any atom is -0.389 e. The van der Waals surface area contributed by atoms with Crippen molar-refractivity contribution in [1.82, 2.24) is 0 Å². The lowest BCUT2D eigenvalue weighted by Crippen LogP contribution is -2.31. The number of halogens is 2. The van der Waals surface area contributed by atoms with Crippen LogP contribution in [0.5, 0.6) is 0 Å². The fourth-order valence-electron chi connectivity index (χ4n) is 1.95. The lowest BCUT2D eigenvalue weighted by Gasteiger charge is -2.29. The third-order valence-corrected chi connectivity index (χ3v) is 3.74. The van der Waals surface area contributed by atoms with Gasteiger partial charge in [-0.15, -0.1) is 23.2 Å². The molecule has 1 aliphatic rings. The first-order chi connectivity index (χ1) is 8.65. The Bertz CT molecular complexity index is 188. The van der Waals surface area contributed by atoms with Gasteiger partial charge >= 0.3 is 0 Å². The van der Waals surface area contributed by atoms with Gasteiger partial charge in [-0.3, -0.25) is 0 Å². The van der Waals surface area contributed by atoms with Gasteiger partial charge in [-0.05, 0) is 25.7 Å². The van der Waals surface area contributed by atoms with E-state index in [9.17, 15) is 10.2 Å². The fourth-order valence-corrected chi connectivity index (χ4v) is 2.13. The van der Waals surface area contributed by atoms with E-state index >= 15 is 0 Å². The molecule has 1 rings (SSSR count). The van der Waals surface area contributed by atoms with Crippen molar-refractivity contribution in [2.24, 2.45) is 0 Å². The van der Waals surface area contributed by atoms with Gasteiger partial charge in [0.25, 0.3) is 0 Å². The average Bonchev–Trinajstić information content (AvgIpc) is 2.43. The molecule has 0 aromatic carbocycles. The average molecular weight is 301 g/mol. The predicted molar refractivity (Wildman–Crippen MR) is 71.4 cm³/mol. The molecule has 0 saturated heterocycles. The molecule has 0 heterocycles. The van der Waals surface area contributed by atoms with Crippen molar-refractivity contribution in [2.45, 2.75) is 50.1 Å². The number of aliphatic hydroxyl groups is 2. The van der Waals surface area contributed by atoms with Crippen LogP contribution in [-0.4, -0.2) is 59.6 Å². The molecule has 0 spiro atoms. The molecule has 0 aromatic rings. The van der Waals surface area contributed by atoms with Crippen LogP contribution < -0.4 is 0 Å². The van der Waals surface area contributed by atoms with Crippen molar-refractivity contribution in [1.29, 1.82) is 0 Å². The molecule has 4 nitrogen and oxygen atoms in total. The van der Waals surface area contributed by atoms with Crippen LogP contribution in [-0.2, 0) is 9.47 Å². The Morgan fingerprint density at radius 3 is 1.44 bits per heavy atom. The molecular weight excluding hydrogens is 279 g/mol. The minimum atomic E-state index is -0.584. The molecule has 0 aliphatic heterocycles. The second kappa shape index (κ2) is 9.34. The lowest BCUT2D eigenvalue weighted by atomic mass is 9.95. The first-order valence-corrected chi connectivity index (χ1v) is 7.43. The van der Waals surface area contributed by atoms with Gasteiger partial charge in [0.1, 0.15) is 0 Å². The van der Waals surface area contributed by atoms with Gasteiger partial charge in [-0.1, -0.05) is 0 Å². The summed E-state index contributed by atoms with van der Waals surface area (Å²) in [5.74, 6) is 0.406. The summed E-state index contributed by atoms with van der Waals surface area (Å²) in [6.45, 7) is 0.593. The van der Waals surface area contributed by atoms with E-state index in [4.69, 9.17) is 32.7 Å². The van der Waals surface area contributed by atoms with Crippen LogP contribution >= 0.6 is 23.2 Å². The molecule has 0 bridgehead atoms. The molecular formula is C12H22Cl2O4. The van der Waals surface area contributed by atoms with Crippen molar-refractivity contribution in [3.05, 3.63) is 0 Å². The predicted octanol–water partition coefficient (Wildman–Crippen LogP) is 1.53. The van der Waals surface area contributed by atoms with Crippen molar-refractivity contribution < 1.29 is 19.7 Å². The van der Waals surface area contributed by atoms with Gasteiger partial charge in [-0.25, -0.2) is 0 Å². The quantitative estimate of drug-likeness (QED) is 0.668. The van der Waals surface area contributed by atoms with Crippen LogP contribution in [0.1, 0.15) is 25.7 Å². The highest BCUT2D eigenvalue weighted by atomic mass is 35.5. The Morgan fingerprint density at radius 1 is 0.833 bits per heavy atom. The molecule has 1 saturated carbocycles. The molecule has 18 heavy (non-hydrogen) atoms. The Kier molecular flexibility index (Phi) is 8.55. The summed E-state index contributed by atoms with van der Waals surface area (Å²) >= 11 is 11.0. The van der Waals surface area contributed by atoms with Gasteiger partial charge in [0.2, 0.25) is 0 Å². The molecule has 2 N–H and O–H groups in total. The summed E-state index contributed by atoms with van der Waals surface area (Å²) < 4.78 is 11.1. The second-order valence-electron chi connectivity index (χ2n) is 4.68. The van der Waals surface area contributed by atoms with Crippen molar-refractivity contribution in [3.8, 4) is 0 Å². The third-order valence-electron chi connectivity index (χ3n) is 3.03. The van der Waals surface area contributed by atoms with E-state index in [0.29, 0.717) is 13.2 Å². The van der Waals surface area contributed by atoms with Gasteiger partial charge in [0, 0.05) is 0 Å². The number of hydrogen-bond acceptors (Lipinski definition) is 4. The SMILES string of the molecule is OC(CCl)COC1CCC(OCC(O)CCl)CC1. The van der Waals surface area contributed by atoms with Crippen LogP contribution in [0.15, 0.2) is 0 Å². The Morgan fingerprint density at radius 2 is 1.17 bits per heavy atom. The maximum atomic E-state index is 9.29. The van der Waals surface area contributed by atoms with Crippen LogP contribution in [0.2, 0.25) is 0 Å². The lowest BCUT2D eigenvalue weighted by molar-refractivity contribution is -0.0627. The summed E-state index contributed by atoms with van der Waals surface area (Å²) in [4.78, 5) is 0. The van der Waals surface area contributed by atoms with E-state index in [1.165, 1.54) is 0 Å². The highest BCUT2D eigenvalue weighted by Crippen LogP contribution is 2.23. The summed E-state index contributed by atoms with van der Waals surface area (Å²) in [6, 6.07) is 0. The van der Waals surface area contributed by atoms with Crippen molar-refractivity contribution in [3.63, 3.8) is 0 Å². The topological polar surface area (TPSA) is 58.9 Å². The Hall–Kier alpha value is 0.420. The van der Waals surface area contributed by atoms with Crippen LogP contribution in [0.3, 0.4) is 0 Å². The minimum absolute atomic E-state index is 0.181. The number of aliphatic hydroxyl groups excluding tert-OH is 2. The van der Waals surface area contributed by atoms with E-state index in [1.54, 1.807) is 0 Å². The van der Waals surface area contributed by atoms with Gasteiger partial charge in [0.05, 0.1) is 49.4 Å². The summed E-state index contributed by atoms with van der Waals surface area (Å²) in [6.07, 6.45) is 2.85. The largest absolute Gasteiger partial charge is 0.389 e. The zero-order valence-electron chi connectivity index (χ0n) is 10.4. The summed E-state index contributed by atoms with van der Waals surface area (Å²) in [5, 5.41) is 18.6. The normalized spacial score (nSPS) is 28.0. The fraction of sp³-hybridized carbons (Fsp3) is 1.00. The van der Waals surface area contributed by atoms with Crippen LogP contribution in [0.4, 0.5) is 0 Å². The smallest absolute Gasteiger partial charge is 0.0908 e. The van der Waals surface area contributed by atoms with Gasteiger partial charge in [-0.2, -0.15) is 0 Å². The monoisotopic (exact) mass is 300 g/mol. The summed E-state index contributed by atoms with van der Waals surface area (Å²) in [7, 11) is 0. The number of hydrogen-bond donors (Lipinski definition) is 2. The highest BCUT2D eigenvalue weighted by Gasteiger charge is 2.23. The standard InChI is InChI=1S/C12H22Cl2O4/c13-5-9(15)7-17-11-1-2-12(4-3-11)18-8-10(16)6-14/h9-12,15-16H,1-8H2. The van der Waals surface area contributed by atoms with Gasteiger partial charge in [0.15, 0.2) is 0 Å². The molecule has 1 fully saturated rings. The molecule has 0 radical (unpaired) electrons. The van der Waals surface area contributed by atoms with E-state index in [-0.39, 0.29) is 24.0 Å². The molecule has 108 valence electrons. The van der Waals surface area contributed by atoms with E-state index < -0.39 is 12.2 Å². The summed E-state index contributed by atoms with van der Waals surface area (Å²) in [5.41, 5.74) is 0. The molecule has 0 amide bonds. The zero-order chi connectivity index (χ0) is 13.4. The first-order valence-electron chi connectivity index (χ1n) is 6.37. The van der Waals surface area contributed by atoms with E-state index in [0.717, 1.165) is 25.7 Å². The van der Waals surface area contributed by atoms with Crippen molar-refractivity contribution in [2.75, 3.05) is 25.0 Å². The maximum Gasteiger partial charge on any atom is 0.0908 e. The van der Waals surface area contributed by atoms with Crippen LogP contribution in [0.25, 0.3) is 0 Å². The van der Waals surface area contributed by atoms with Crippen molar-refractivity contribution >= 4 is 23.2 Å². The van der Waals surface area contributed by atoms with Crippen LogP contribution in [0, 0.1) is 0 Å². The zero-order valence-corrected chi connectivity index (χ0v) is 11.9. The highest BCUT2D eigenvalue weighted by molar-refractivity contribution is 6.18. The van der Waals surface area contributed by atoms with E-state index in [1.807, 2.05) is 0 Å². The number of rotatable bonds is 8. The second-order valence-corrected chi connectivity index (χ2v) is 5.30. The number of alkyl halides is 2. The molecule has 1 aliphatic carbocycles. The molecule has 0 aromatic heterocycles. The Balaban J connectivity index is 2.09. The maximum absolute atomic E-state index is 9.29. The number of ether oxygens (including phenoxy) is 2.